The zero-order valence-corrected chi connectivity index (χ0v) is 7.41. The summed E-state index contributed by atoms with van der Waals surface area (Å²) in [6.45, 7) is 0. The Hall–Kier alpha value is -2.44. The van der Waals surface area contributed by atoms with Crippen LogP contribution in [0.3, 0.4) is 0 Å². The van der Waals surface area contributed by atoms with Crippen molar-refractivity contribution >= 4 is 12.0 Å². The van der Waals surface area contributed by atoms with E-state index in [1.807, 2.05) is 0 Å². The standard InChI is InChI=1S/C8H6N4O3/c13-7(14)2-1-6-11-12-8(15-6)5-3-4-9-10-5/h1-4H,(H,9,10)(H,13,14)/b2-1+. The first-order chi connectivity index (χ1) is 7.25. The predicted octanol–water partition coefficient (Wildman–Crippen LogP) is 0.557. The second-order valence-electron chi connectivity index (χ2n) is 2.59. The molecule has 0 radical (unpaired) electrons. The lowest BCUT2D eigenvalue weighted by molar-refractivity contribution is -0.131. The second kappa shape index (κ2) is 3.74. The number of carboxylic acids is 1. The van der Waals surface area contributed by atoms with Gasteiger partial charge in [0.1, 0.15) is 5.69 Å². The van der Waals surface area contributed by atoms with Gasteiger partial charge in [0.05, 0.1) is 0 Å². The molecule has 0 aliphatic carbocycles. The first kappa shape index (κ1) is 9.13. The molecule has 2 rings (SSSR count). The summed E-state index contributed by atoms with van der Waals surface area (Å²) in [6, 6.07) is 1.66. The van der Waals surface area contributed by atoms with E-state index in [1.54, 1.807) is 12.3 Å². The molecule has 2 heterocycles. The maximum absolute atomic E-state index is 10.2. The molecule has 7 nitrogen and oxygen atoms in total. The van der Waals surface area contributed by atoms with Gasteiger partial charge in [0.15, 0.2) is 0 Å². The summed E-state index contributed by atoms with van der Waals surface area (Å²) in [5.74, 6) is -0.684. The van der Waals surface area contributed by atoms with Crippen LogP contribution in [0.25, 0.3) is 17.7 Å². The lowest BCUT2D eigenvalue weighted by Gasteiger charge is -1.84. The number of carboxylic acid groups (broad SMARTS) is 1. The summed E-state index contributed by atoms with van der Waals surface area (Å²) in [4.78, 5) is 10.2. The Morgan fingerprint density at radius 1 is 1.53 bits per heavy atom. The van der Waals surface area contributed by atoms with Crippen molar-refractivity contribution in [1.82, 2.24) is 20.4 Å². The highest BCUT2D eigenvalue weighted by atomic mass is 16.4. The molecular formula is C8H6N4O3. The molecule has 7 heteroatoms. The van der Waals surface area contributed by atoms with Gasteiger partial charge < -0.3 is 9.52 Å². The fraction of sp³-hybridized carbons (Fsp3) is 0. The Balaban J connectivity index is 2.21. The number of carbonyl (C=O) groups is 1. The largest absolute Gasteiger partial charge is 0.478 e. The van der Waals surface area contributed by atoms with E-state index in [1.165, 1.54) is 6.08 Å². The Bertz CT molecular complexity index is 486. The van der Waals surface area contributed by atoms with E-state index in [2.05, 4.69) is 20.4 Å². The zero-order valence-electron chi connectivity index (χ0n) is 7.41. The predicted molar refractivity (Wildman–Crippen MR) is 48.5 cm³/mol. The van der Waals surface area contributed by atoms with Crippen LogP contribution in [0.1, 0.15) is 5.89 Å². The molecule has 0 aliphatic heterocycles. The van der Waals surface area contributed by atoms with Gasteiger partial charge in [-0.05, 0) is 6.07 Å². The van der Waals surface area contributed by atoms with E-state index in [0.29, 0.717) is 5.69 Å². The SMILES string of the molecule is O=C(O)/C=C/c1nnc(-c2ccn[nH]2)o1. The molecule has 0 bridgehead atoms. The molecule has 15 heavy (non-hydrogen) atoms. The smallest absolute Gasteiger partial charge is 0.328 e. The van der Waals surface area contributed by atoms with Gasteiger partial charge in [-0.1, -0.05) is 0 Å². The Kier molecular flexibility index (Phi) is 2.28. The summed E-state index contributed by atoms with van der Waals surface area (Å²) in [5, 5.41) is 22.1. The van der Waals surface area contributed by atoms with Gasteiger partial charge in [0.2, 0.25) is 5.89 Å². The quantitative estimate of drug-likeness (QED) is 0.710. The van der Waals surface area contributed by atoms with Crippen molar-refractivity contribution in [2.24, 2.45) is 0 Å². The summed E-state index contributed by atoms with van der Waals surface area (Å²) < 4.78 is 5.13. The van der Waals surface area contributed by atoms with Gasteiger partial charge in [0.25, 0.3) is 5.89 Å². The number of aromatic nitrogens is 4. The highest BCUT2D eigenvalue weighted by molar-refractivity contribution is 5.84. The van der Waals surface area contributed by atoms with Crippen molar-refractivity contribution in [2.75, 3.05) is 0 Å². The maximum Gasteiger partial charge on any atom is 0.328 e. The molecule has 0 spiro atoms. The molecule has 0 aliphatic rings. The number of hydrogen-bond acceptors (Lipinski definition) is 5. The van der Waals surface area contributed by atoms with Crippen LogP contribution in [0.4, 0.5) is 0 Å². The molecule has 0 saturated carbocycles. The van der Waals surface area contributed by atoms with Gasteiger partial charge in [-0.2, -0.15) is 5.10 Å². The molecule has 2 aromatic rings. The molecular weight excluding hydrogens is 200 g/mol. The van der Waals surface area contributed by atoms with Gasteiger partial charge in [-0.15, -0.1) is 10.2 Å². The van der Waals surface area contributed by atoms with Crippen LogP contribution in [0.15, 0.2) is 22.8 Å². The van der Waals surface area contributed by atoms with Crippen molar-refractivity contribution in [1.29, 1.82) is 0 Å². The van der Waals surface area contributed by atoms with Crippen molar-refractivity contribution in [2.45, 2.75) is 0 Å². The Morgan fingerprint density at radius 3 is 3.07 bits per heavy atom. The molecule has 2 aromatic heterocycles. The third-order valence-corrected chi connectivity index (χ3v) is 1.54. The first-order valence-corrected chi connectivity index (χ1v) is 4.00. The fourth-order valence-electron chi connectivity index (χ4n) is 0.928. The van der Waals surface area contributed by atoms with Crippen LogP contribution in [-0.2, 0) is 4.79 Å². The number of H-pyrrole nitrogens is 1. The van der Waals surface area contributed by atoms with E-state index >= 15 is 0 Å². The van der Waals surface area contributed by atoms with Crippen LogP contribution >= 0.6 is 0 Å². The van der Waals surface area contributed by atoms with Crippen LogP contribution in [-0.4, -0.2) is 31.5 Å². The zero-order chi connectivity index (χ0) is 10.7. The van der Waals surface area contributed by atoms with Gasteiger partial charge in [-0.3, -0.25) is 5.10 Å². The van der Waals surface area contributed by atoms with Crippen LogP contribution in [0.5, 0.6) is 0 Å². The van der Waals surface area contributed by atoms with Crippen LogP contribution < -0.4 is 0 Å². The lowest BCUT2D eigenvalue weighted by atomic mass is 10.4. The van der Waals surface area contributed by atoms with E-state index in [9.17, 15) is 4.79 Å². The minimum absolute atomic E-state index is 0.127. The van der Waals surface area contributed by atoms with Gasteiger partial charge in [0, 0.05) is 18.3 Å². The average Bonchev–Trinajstić information content (AvgIpc) is 2.85. The molecule has 0 fully saturated rings. The van der Waals surface area contributed by atoms with Crippen LogP contribution in [0.2, 0.25) is 0 Å². The average molecular weight is 206 g/mol. The highest BCUT2D eigenvalue weighted by Crippen LogP contribution is 2.14. The second-order valence-corrected chi connectivity index (χ2v) is 2.59. The molecule has 2 N–H and O–H groups in total. The number of nitrogens with one attached hydrogen (secondary N) is 1. The number of nitrogens with zero attached hydrogens (tertiary/aromatic N) is 3. The third kappa shape index (κ3) is 2.08. The topological polar surface area (TPSA) is 105 Å². The van der Waals surface area contributed by atoms with Crippen molar-refractivity contribution in [3.05, 3.63) is 24.2 Å². The van der Waals surface area contributed by atoms with Gasteiger partial charge in [-0.25, -0.2) is 4.79 Å². The Morgan fingerprint density at radius 2 is 2.40 bits per heavy atom. The highest BCUT2D eigenvalue weighted by Gasteiger charge is 2.07. The summed E-state index contributed by atoms with van der Waals surface area (Å²) in [6.07, 6.45) is 3.69. The molecule has 0 aromatic carbocycles. The van der Waals surface area contributed by atoms with E-state index in [0.717, 1.165) is 6.08 Å². The van der Waals surface area contributed by atoms with Crippen molar-refractivity contribution in [3.8, 4) is 11.6 Å². The summed E-state index contributed by atoms with van der Waals surface area (Å²) >= 11 is 0. The molecule has 76 valence electrons. The van der Waals surface area contributed by atoms with E-state index in [4.69, 9.17) is 9.52 Å². The molecule has 0 saturated heterocycles. The minimum atomic E-state index is -1.07. The van der Waals surface area contributed by atoms with Crippen molar-refractivity contribution in [3.63, 3.8) is 0 Å². The Labute approximate surface area is 83.4 Å². The fourth-order valence-corrected chi connectivity index (χ4v) is 0.928. The molecule has 0 unspecified atom stereocenters. The summed E-state index contributed by atoms with van der Waals surface area (Å²) in [7, 11) is 0. The number of aromatic amines is 1. The van der Waals surface area contributed by atoms with Crippen molar-refractivity contribution < 1.29 is 14.3 Å². The number of aliphatic carboxylic acids is 1. The number of rotatable bonds is 3. The maximum atomic E-state index is 10.2. The third-order valence-electron chi connectivity index (χ3n) is 1.54. The number of hydrogen-bond donors (Lipinski definition) is 2. The lowest BCUT2D eigenvalue weighted by Crippen LogP contribution is -1.85. The van der Waals surface area contributed by atoms with E-state index in [-0.39, 0.29) is 11.8 Å². The first-order valence-electron chi connectivity index (χ1n) is 4.00. The minimum Gasteiger partial charge on any atom is -0.478 e. The van der Waals surface area contributed by atoms with Gasteiger partial charge >= 0.3 is 5.97 Å². The van der Waals surface area contributed by atoms with Crippen LogP contribution in [0, 0.1) is 0 Å². The molecule has 0 atom stereocenters. The molecule has 0 amide bonds. The monoisotopic (exact) mass is 206 g/mol. The normalized spacial score (nSPS) is 10.9. The summed E-state index contributed by atoms with van der Waals surface area (Å²) in [5.41, 5.74) is 0.581. The van der Waals surface area contributed by atoms with E-state index < -0.39 is 5.97 Å².